The minimum Gasteiger partial charge on any atom is -0.481 e. The van der Waals surface area contributed by atoms with Crippen LogP contribution in [0, 0.1) is 13.8 Å². The zero-order valence-electron chi connectivity index (χ0n) is 14.9. The van der Waals surface area contributed by atoms with Crippen LogP contribution < -0.4 is 9.64 Å². The lowest BCUT2D eigenvalue weighted by Crippen LogP contribution is -2.34. The first-order chi connectivity index (χ1) is 12.2. The van der Waals surface area contributed by atoms with Gasteiger partial charge in [0.1, 0.15) is 17.3 Å². The highest BCUT2D eigenvalue weighted by Gasteiger charge is 2.25. The van der Waals surface area contributed by atoms with E-state index in [-0.39, 0.29) is 0 Å². The van der Waals surface area contributed by atoms with Gasteiger partial charge >= 0.3 is 0 Å². The lowest BCUT2D eigenvalue weighted by molar-refractivity contribution is 0.391. The van der Waals surface area contributed by atoms with E-state index in [2.05, 4.69) is 37.1 Å². The molecule has 0 unspecified atom stereocenters. The van der Waals surface area contributed by atoms with Crippen molar-refractivity contribution in [2.24, 2.45) is 0 Å². The molecule has 25 heavy (non-hydrogen) atoms. The van der Waals surface area contributed by atoms with Crippen molar-refractivity contribution in [3.05, 3.63) is 41.5 Å². The normalized spacial score (nSPS) is 15.7. The summed E-state index contributed by atoms with van der Waals surface area (Å²) in [6, 6.07) is 4.16. The molecule has 6 heteroatoms. The van der Waals surface area contributed by atoms with Crippen molar-refractivity contribution < 1.29 is 4.74 Å². The van der Waals surface area contributed by atoms with E-state index in [4.69, 9.17) is 4.74 Å². The summed E-state index contributed by atoms with van der Waals surface area (Å²) in [5.74, 6) is 2.98. The maximum Gasteiger partial charge on any atom is 0.221 e. The first-order valence-corrected chi connectivity index (χ1v) is 8.73. The van der Waals surface area contributed by atoms with Crippen LogP contribution in [0.4, 0.5) is 5.82 Å². The quantitative estimate of drug-likeness (QED) is 0.794. The van der Waals surface area contributed by atoms with E-state index in [1.807, 2.05) is 26.1 Å². The van der Waals surface area contributed by atoms with Crippen LogP contribution in [0.1, 0.15) is 35.7 Å². The third-order valence-corrected chi connectivity index (χ3v) is 5.10. The molecule has 0 aromatic carbocycles. The molecule has 1 saturated heterocycles. The van der Waals surface area contributed by atoms with E-state index < -0.39 is 0 Å². The number of anilines is 1. The summed E-state index contributed by atoms with van der Waals surface area (Å²) >= 11 is 0. The number of H-pyrrole nitrogens is 1. The van der Waals surface area contributed by atoms with E-state index in [9.17, 15) is 0 Å². The predicted octanol–water partition coefficient (Wildman–Crippen LogP) is 3.36. The van der Waals surface area contributed by atoms with E-state index in [1.54, 1.807) is 7.11 Å². The van der Waals surface area contributed by atoms with E-state index in [0.29, 0.717) is 11.8 Å². The van der Waals surface area contributed by atoms with Crippen molar-refractivity contribution >= 4 is 16.9 Å². The summed E-state index contributed by atoms with van der Waals surface area (Å²) in [6.07, 6.45) is 6.17. The number of hydrogen-bond acceptors (Lipinski definition) is 5. The fourth-order valence-electron chi connectivity index (χ4n) is 3.81. The molecular formula is C19H23N5O. The molecule has 4 heterocycles. The molecule has 0 amide bonds. The van der Waals surface area contributed by atoms with Crippen molar-refractivity contribution in [3.8, 4) is 5.88 Å². The van der Waals surface area contributed by atoms with Crippen LogP contribution in [-0.4, -0.2) is 40.1 Å². The average Bonchev–Trinajstić information content (AvgIpc) is 3.07. The number of ether oxygens (including phenoxy) is 1. The van der Waals surface area contributed by atoms with Crippen LogP contribution in [-0.2, 0) is 0 Å². The van der Waals surface area contributed by atoms with Gasteiger partial charge in [-0.25, -0.2) is 9.97 Å². The Hall–Kier alpha value is -2.63. The molecule has 130 valence electrons. The van der Waals surface area contributed by atoms with Gasteiger partial charge in [-0.2, -0.15) is 4.98 Å². The molecule has 6 nitrogen and oxygen atoms in total. The molecule has 1 fully saturated rings. The zero-order chi connectivity index (χ0) is 17.4. The number of aromatic amines is 1. The van der Waals surface area contributed by atoms with Gasteiger partial charge in [-0.1, -0.05) is 0 Å². The highest BCUT2D eigenvalue weighted by molar-refractivity contribution is 5.80. The third kappa shape index (κ3) is 2.81. The fraction of sp³-hybridized carbons (Fsp3) is 0.421. The lowest BCUT2D eigenvalue weighted by Gasteiger charge is -2.33. The number of rotatable bonds is 3. The summed E-state index contributed by atoms with van der Waals surface area (Å²) in [7, 11) is 1.66. The number of pyridine rings is 1. The maximum atomic E-state index is 5.40. The van der Waals surface area contributed by atoms with Crippen LogP contribution >= 0.6 is 0 Å². The number of methoxy groups -OCH3 is 1. The lowest BCUT2D eigenvalue weighted by atomic mass is 9.89. The third-order valence-electron chi connectivity index (χ3n) is 5.10. The van der Waals surface area contributed by atoms with Crippen LogP contribution in [0.3, 0.4) is 0 Å². The molecule has 0 bridgehead atoms. The Morgan fingerprint density at radius 2 is 2.00 bits per heavy atom. The average molecular weight is 337 g/mol. The van der Waals surface area contributed by atoms with Crippen molar-refractivity contribution in [1.29, 1.82) is 0 Å². The van der Waals surface area contributed by atoms with Gasteiger partial charge in [-0.05, 0) is 50.3 Å². The number of fused-ring (bicyclic) bond motifs is 1. The van der Waals surface area contributed by atoms with E-state index in [1.165, 1.54) is 10.9 Å². The van der Waals surface area contributed by atoms with Gasteiger partial charge in [0.2, 0.25) is 5.88 Å². The minimum absolute atomic E-state index is 0.555. The SMILES string of the molecule is COc1nc(C)nc(N2CCC(c3c[nH]c4ncccc34)CC2)c1C. The summed E-state index contributed by atoms with van der Waals surface area (Å²) in [5.41, 5.74) is 3.38. The number of nitrogens with one attached hydrogen (secondary N) is 1. The Labute approximate surface area is 147 Å². The molecule has 0 radical (unpaired) electrons. The first kappa shape index (κ1) is 15.9. The summed E-state index contributed by atoms with van der Waals surface area (Å²) < 4.78 is 5.40. The van der Waals surface area contributed by atoms with Crippen LogP contribution in [0.2, 0.25) is 0 Å². The monoisotopic (exact) mass is 337 g/mol. The Kier molecular flexibility index (Phi) is 4.03. The van der Waals surface area contributed by atoms with Crippen LogP contribution in [0.25, 0.3) is 11.0 Å². The first-order valence-electron chi connectivity index (χ1n) is 8.73. The number of aryl methyl sites for hydroxylation is 1. The Morgan fingerprint density at radius 3 is 2.76 bits per heavy atom. The Balaban J connectivity index is 1.55. The van der Waals surface area contributed by atoms with Gasteiger partial charge in [-0.3, -0.25) is 0 Å². The molecule has 3 aromatic rings. The molecular weight excluding hydrogens is 314 g/mol. The van der Waals surface area contributed by atoms with Gasteiger partial charge in [-0.15, -0.1) is 0 Å². The van der Waals surface area contributed by atoms with Crippen LogP contribution in [0.5, 0.6) is 5.88 Å². The fourth-order valence-corrected chi connectivity index (χ4v) is 3.81. The van der Waals surface area contributed by atoms with E-state index in [0.717, 1.165) is 48.8 Å². The molecule has 4 rings (SSSR count). The number of hydrogen-bond donors (Lipinski definition) is 1. The molecule has 3 aromatic heterocycles. The summed E-state index contributed by atoms with van der Waals surface area (Å²) in [6.45, 7) is 5.91. The maximum absolute atomic E-state index is 5.40. The molecule has 1 aliphatic heterocycles. The van der Waals surface area contributed by atoms with Crippen molar-refractivity contribution in [1.82, 2.24) is 19.9 Å². The van der Waals surface area contributed by atoms with E-state index >= 15 is 0 Å². The number of piperidine rings is 1. The molecule has 0 spiro atoms. The van der Waals surface area contributed by atoms with Gasteiger partial charge < -0.3 is 14.6 Å². The predicted molar refractivity (Wildman–Crippen MR) is 98.3 cm³/mol. The molecule has 0 saturated carbocycles. The summed E-state index contributed by atoms with van der Waals surface area (Å²) in [5, 5.41) is 1.25. The topological polar surface area (TPSA) is 66.9 Å². The standard InChI is InChI=1S/C19H23N5O/c1-12-18(22-13(2)23-19(12)25-3)24-9-6-14(7-10-24)16-11-21-17-15(16)5-4-8-20-17/h4-5,8,11,14H,6-7,9-10H2,1-3H3,(H,20,21). The van der Waals surface area contributed by atoms with Crippen molar-refractivity contribution in [2.45, 2.75) is 32.6 Å². The highest BCUT2D eigenvalue weighted by Crippen LogP contribution is 2.35. The van der Waals surface area contributed by atoms with Crippen molar-refractivity contribution in [2.75, 3.05) is 25.1 Å². The van der Waals surface area contributed by atoms with Gasteiger partial charge in [0.05, 0.1) is 12.7 Å². The Bertz CT molecular complexity index is 896. The summed E-state index contributed by atoms with van der Waals surface area (Å²) in [4.78, 5) is 19.1. The van der Waals surface area contributed by atoms with Crippen LogP contribution in [0.15, 0.2) is 24.5 Å². The second-order valence-electron chi connectivity index (χ2n) is 6.63. The minimum atomic E-state index is 0.555. The second-order valence-corrected chi connectivity index (χ2v) is 6.63. The van der Waals surface area contributed by atoms with Gasteiger partial charge in [0.15, 0.2) is 0 Å². The second kappa shape index (κ2) is 6.35. The molecule has 0 atom stereocenters. The zero-order valence-corrected chi connectivity index (χ0v) is 14.9. The number of aromatic nitrogens is 4. The Morgan fingerprint density at radius 1 is 1.20 bits per heavy atom. The molecule has 1 aliphatic rings. The largest absolute Gasteiger partial charge is 0.481 e. The number of nitrogens with zero attached hydrogens (tertiary/aromatic N) is 4. The molecule has 0 aliphatic carbocycles. The van der Waals surface area contributed by atoms with Gasteiger partial charge in [0, 0.05) is 30.9 Å². The molecule has 1 N–H and O–H groups in total. The smallest absolute Gasteiger partial charge is 0.221 e. The van der Waals surface area contributed by atoms with Gasteiger partial charge in [0.25, 0.3) is 0 Å². The highest BCUT2D eigenvalue weighted by atomic mass is 16.5. The van der Waals surface area contributed by atoms with Crippen molar-refractivity contribution in [3.63, 3.8) is 0 Å².